The lowest BCUT2D eigenvalue weighted by atomic mass is 10.1. The summed E-state index contributed by atoms with van der Waals surface area (Å²) in [5.41, 5.74) is 1.35. The van der Waals surface area contributed by atoms with E-state index in [1.165, 1.54) is 23.6 Å². The minimum atomic E-state index is 0.426. The van der Waals surface area contributed by atoms with Crippen molar-refractivity contribution < 1.29 is 0 Å². The third-order valence-electron chi connectivity index (χ3n) is 3.61. The molecule has 19 heavy (non-hydrogen) atoms. The molecule has 5 heteroatoms. The Morgan fingerprint density at radius 2 is 2.16 bits per heavy atom. The van der Waals surface area contributed by atoms with Crippen molar-refractivity contribution in [3.05, 3.63) is 18.0 Å². The molecule has 108 valence electrons. The van der Waals surface area contributed by atoms with Gasteiger partial charge in [-0.3, -0.25) is 4.68 Å². The lowest BCUT2D eigenvalue weighted by Gasteiger charge is -2.36. The second kappa shape index (κ2) is 7.60. The van der Waals surface area contributed by atoms with Gasteiger partial charge < -0.3 is 5.32 Å². The van der Waals surface area contributed by atoms with Crippen LogP contribution in [0.4, 0.5) is 0 Å². The fourth-order valence-electron chi connectivity index (χ4n) is 2.73. The average molecular weight is 300 g/mol. The molecular weight excluding hydrogens is 274 g/mol. The Morgan fingerprint density at radius 1 is 1.37 bits per heavy atom. The Hall–Kier alpha value is -0.130. The van der Waals surface area contributed by atoms with Gasteiger partial charge in [0.25, 0.3) is 0 Å². The molecule has 3 atom stereocenters. The molecule has 1 N–H and O–H groups in total. The highest BCUT2D eigenvalue weighted by Gasteiger charge is 2.33. The quantitative estimate of drug-likeness (QED) is 0.874. The second-order valence-electron chi connectivity index (χ2n) is 4.76. The van der Waals surface area contributed by atoms with Crippen LogP contribution in [-0.2, 0) is 6.54 Å². The van der Waals surface area contributed by atoms with Gasteiger partial charge >= 0.3 is 0 Å². The zero-order valence-corrected chi connectivity index (χ0v) is 13.8. The largest absolute Gasteiger partial charge is 0.308 e. The molecule has 0 aromatic carbocycles. The van der Waals surface area contributed by atoms with E-state index < -0.39 is 0 Å². The van der Waals surface area contributed by atoms with Crippen molar-refractivity contribution in [2.45, 2.75) is 50.3 Å². The summed E-state index contributed by atoms with van der Waals surface area (Å²) >= 11 is 4.28. The number of thioether (sulfide) groups is 2. The topological polar surface area (TPSA) is 29.9 Å². The average Bonchev–Trinajstić information content (AvgIpc) is 2.93. The van der Waals surface area contributed by atoms with Gasteiger partial charge in [-0.05, 0) is 26.0 Å². The molecule has 1 aliphatic rings. The van der Waals surface area contributed by atoms with Crippen LogP contribution >= 0.6 is 23.5 Å². The van der Waals surface area contributed by atoms with Crippen LogP contribution in [0.25, 0.3) is 0 Å². The molecule has 1 aliphatic heterocycles. The number of nitrogens with zero attached hydrogens (tertiary/aromatic N) is 2. The van der Waals surface area contributed by atoms with Crippen molar-refractivity contribution in [1.82, 2.24) is 15.1 Å². The fraction of sp³-hybridized carbons (Fsp3) is 0.786. The van der Waals surface area contributed by atoms with E-state index in [4.69, 9.17) is 0 Å². The first kappa shape index (κ1) is 15.3. The number of aromatic nitrogens is 2. The maximum absolute atomic E-state index is 4.44. The van der Waals surface area contributed by atoms with E-state index in [0.717, 1.165) is 18.3 Å². The number of hydrogen-bond donors (Lipinski definition) is 1. The van der Waals surface area contributed by atoms with Gasteiger partial charge in [0.05, 0.1) is 11.7 Å². The van der Waals surface area contributed by atoms with Crippen molar-refractivity contribution in [2.75, 3.05) is 18.1 Å². The van der Waals surface area contributed by atoms with Gasteiger partial charge in [-0.25, -0.2) is 0 Å². The first-order chi connectivity index (χ1) is 9.31. The van der Waals surface area contributed by atoms with E-state index in [2.05, 4.69) is 65.5 Å². The fourth-order valence-corrected chi connectivity index (χ4v) is 5.96. The van der Waals surface area contributed by atoms with Crippen molar-refractivity contribution >= 4 is 23.5 Å². The third kappa shape index (κ3) is 3.50. The molecule has 1 aromatic rings. The third-order valence-corrected chi connectivity index (χ3v) is 6.97. The highest BCUT2D eigenvalue weighted by Crippen LogP contribution is 2.40. The summed E-state index contributed by atoms with van der Waals surface area (Å²) < 4.78 is 2.14. The first-order valence-corrected chi connectivity index (χ1v) is 9.39. The van der Waals surface area contributed by atoms with E-state index in [-0.39, 0.29) is 0 Å². The number of aryl methyl sites for hydroxylation is 1. The molecule has 2 rings (SSSR count). The Morgan fingerprint density at radius 3 is 2.84 bits per heavy atom. The van der Waals surface area contributed by atoms with Gasteiger partial charge in [-0.1, -0.05) is 13.8 Å². The van der Waals surface area contributed by atoms with Crippen LogP contribution in [0.5, 0.6) is 0 Å². The highest BCUT2D eigenvalue weighted by atomic mass is 32.2. The smallest absolute Gasteiger partial charge is 0.0623 e. The summed E-state index contributed by atoms with van der Waals surface area (Å²) in [7, 11) is 0. The molecule has 3 nitrogen and oxygen atoms in total. The van der Waals surface area contributed by atoms with Gasteiger partial charge in [0.2, 0.25) is 0 Å². The lowest BCUT2D eigenvalue weighted by Crippen LogP contribution is -2.39. The van der Waals surface area contributed by atoms with E-state index in [1.54, 1.807) is 0 Å². The van der Waals surface area contributed by atoms with Crippen LogP contribution < -0.4 is 5.32 Å². The SMILES string of the molecule is CCNC(c1ccnn1CC)C1SCCSC1CC. The van der Waals surface area contributed by atoms with Gasteiger partial charge in [0, 0.05) is 34.7 Å². The molecule has 3 unspecified atom stereocenters. The first-order valence-electron chi connectivity index (χ1n) is 7.30. The molecule has 2 heterocycles. The van der Waals surface area contributed by atoms with Crippen molar-refractivity contribution in [3.63, 3.8) is 0 Å². The summed E-state index contributed by atoms with van der Waals surface area (Å²) in [6, 6.07) is 2.61. The van der Waals surface area contributed by atoms with Crippen molar-refractivity contribution in [1.29, 1.82) is 0 Å². The predicted molar refractivity (Wildman–Crippen MR) is 87.1 cm³/mol. The summed E-state index contributed by atoms with van der Waals surface area (Å²) in [6.07, 6.45) is 3.19. The zero-order chi connectivity index (χ0) is 13.7. The van der Waals surface area contributed by atoms with Crippen molar-refractivity contribution in [2.24, 2.45) is 0 Å². The van der Waals surface area contributed by atoms with E-state index >= 15 is 0 Å². The van der Waals surface area contributed by atoms with Gasteiger partial charge in [-0.2, -0.15) is 28.6 Å². The molecule has 0 amide bonds. The maximum Gasteiger partial charge on any atom is 0.0623 e. The summed E-state index contributed by atoms with van der Waals surface area (Å²) in [5.74, 6) is 2.57. The lowest BCUT2D eigenvalue weighted by molar-refractivity contribution is 0.467. The maximum atomic E-state index is 4.44. The normalized spacial score (nSPS) is 25.4. The standard InChI is InChI=1S/C14H25N3S2/c1-4-12-14(19-10-9-18-12)13(15-5-2)11-7-8-16-17(11)6-3/h7-8,12-15H,4-6,9-10H2,1-3H3. The molecule has 0 aliphatic carbocycles. The van der Waals surface area contributed by atoms with Crippen molar-refractivity contribution in [3.8, 4) is 0 Å². The summed E-state index contributed by atoms with van der Waals surface area (Å²) in [4.78, 5) is 0. The molecule has 0 bridgehead atoms. The van der Waals surface area contributed by atoms with Crippen LogP contribution in [0, 0.1) is 0 Å². The molecule has 0 spiro atoms. The number of nitrogens with one attached hydrogen (secondary N) is 1. The Labute approximate surface area is 125 Å². The van der Waals surface area contributed by atoms with Crippen LogP contribution in [0.3, 0.4) is 0 Å². The minimum Gasteiger partial charge on any atom is -0.308 e. The summed E-state index contributed by atoms with van der Waals surface area (Å²) in [5, 5.41) is 9.55. The van der Waals surface area contributed by atoms with Crippen LogP contribution in [0.15, 0.2) is 12.3 Å². The Balaban J connectivity index is 2.23. The summed E-state index contributed by atoms with van der Waals surface area (Å²) in [6.45, 7) is 8.64. The highest BCUT2D eigenvalue weighted by molar-refractivity contribution is 8.07. The monoisotopic (exact) mass is 299 g/mol. The zero-order valence-electron chi connectivity index (χ0n) is 12.1. The predicted octanol–water partition coefficient (Wildman–Crippen LogP) is 3.18. The van der Waals surface area contributed by atoms with Crippen LogP contribution in [-0.4, -0.2) is 38.3 Å². The Kier molecular flexibility index (Phi) is 6.10. The van der Waals surface area contributed by atoms with Gasteiger partial charge in [0.15, 0.2) is 0 Å². The molecular formula is C14H25N3S2. The van der Waals surface area contributed by atoms with Gasteiger partial charge in [-0.15, -0.1) is 0 Å². The van der Waals surface area contributed by atoms with Crippen LogP contribution in [0.2, 0.25) is 0 Å². The number of hydrogen-bond acceptors (Lipinski definition) is 4. The van der Waals surface area contributed by atoms with E-state index in [0.29, 0.717) is 11.3 Å². The van der Waals surface area contributed by atoms with Gasteiger partial charge in [0.1, 0.15) is 0 Å². The van der Waals surface area contributed by atoms with E-state index in [1.807, 2.05) is 6.20 Å². The molecule has 1 saturated heterocycles. The number of rotatable bonds is 6. The minimum absolute atomic E-state index is 0.426. The molecule has 1 aromatic heterocycles. The van der Waals surface area contributed by atoms with E-state index in [9.17, 15) is 0 Å². The second-order valence-corrected chi connectivity index (χ2v) is 7.39. The molecule has 0 saturated carbocycles. The van der Waals surface area contributed by atoms with Crippen LogP contribution in [0.1, 0.15) is 38.9 Å². The Bertz CT molecular complexity index is 381. The molecule has 0 radical (unpaired) electrons. The molecule has 1 fully saturated rings.